The van der Waals surface area contributed by atoms with Crippen LogP contribution in [0.1, 0.15) is 40.0 Å². The van der Waals surface area contributed by atoms with E-state index in [1.165, 1.54) is 19.3 Å². The van der Waals surface area contributed by atoms with Crippen LogP contribution < -0.4 is 10.6 Å². The highest BCUT2D eigenvalue weighted by Gasteiger charge is 2.45. The highest BCUT2D eigenvalue weighted by Crippen LogP contribution is 2.50. The van der Waals surface area contributed by atoms with E-state index in [9.17, 15) is 4.79 Å². The second-order valence-electron chi connectivity index (χ2n) is 6.19. The lowest BCUT2D eigenvalue weighted by atomic mass is 9.92. The van der Waals surface area contributed by atoms with Crippen molar-refractivity contribution >= 4 is 5.91 Å². The molecule has 0 bridgehead atoms. The molecule has 0 spiro atoms. The van der Waals surface area contributed by atoms with Gasteiger partial charge < -0.3 is 10.6 Å². The van der Waals surface area contributed by atoms with Crippen molar-refractivity contribution in [3.05, 3.63) is 0 Å². The minimum Gasteiger partial charge on any atom is -0.354 e. The Balaban J connectivity index is 1.75. The summed E-state index contributed by atoms with van der Waals surface area (Å²) >= 11 is 0. The number of amides is 1. The molecule has 1 amide bonds. The molecule has 3 unspecified atom stereocenters. The fraction of sp³-hybridized carbons (Fsp3) is 0.923. The molecule has 2 fully saturated rings. The first kappa shape index (κ1) is 11.9. The summed E-state index contributed by atoms with van der Waals surface area (Å²) < 4.78 is 0. The van der Waals surface area contributed by atoms with Gasteiger partial charge in [0.2, 0.25) is 5.91 Å². The van der Waals surface area contributed by atoms with Gasteiger partial charge in [0.25, 0.3) is 0 Å². The van der Waals surface area contributed by atoms with Crippen molar-refractivity contribution in [2.45, 2.75) is 46.1 Å². The molecular formula is C13H24N2O. The SMILES string of the molecule is CC1CCCNC1C(=O)NCC1CC1(C)C. The molecule has 0 radical (unpaired) electrons. The number of hydrogen-bond acceptors (Lipinski definition) is 2. The van der Waals surface area contributed by atoms with Crippen molar-refractivity contribution in [2.75, 3.05) is 13.1 Å². The second-order valence-corrected chi connectivity index (χ2v) is 6.19. The van der Waals surface area contributed by atoms with Crippen LogP contribution in [0.3, 0.4) is 0 Å². The maximum atomic E-state index is 12.0. The van der Waals surface area contributed by atoms with Crippen LogP contribution in [0.4, 0.5) is 0 Å². The molecule has 92 valence electrons. The van der Waals surface area contributed by atoms with Crippen LogP contribution in [0.15, 0.2) is 0 Å². The van der Waals surface area contributed by atoms with E-state index in [1.54, 1.807) is 0 Å². The first-order valence-corrected chi connectivity index (χ1v) is 6.52. The maximum Gasteiger partial charge on any atom is 0.237 e. The summed E-state index contributed by atoms with van der Waals surface area (Å²) in [5.74, 6) is 1.37. The standard InChI is InChI=1S/C13H24N2O/c1-9-5-4-6-14-11(9)12(16)15-8-10-7-13(10,2)3/h9-11,14H,4-8H2,1-3H3,(H,15,16). The Morgan fingerprint density at radius 3 is 2.75 bits per heavy atom. The van der Waals surface area contributed by atoms with Gasteiger partial charge in [0.15, 0.2) is 0 Å². The van der Waals surface area contributed by atoms with Crippen molar-refractivity contribution < 1.29 is 4.79 Å². The van der Waals surface area contributed by atoms with E-state index in [4.69, 9.17) is 0 Å². The van der Waals surface area contributed by atoms with Gasteiger partial charge in [0.05, 0.1) is 6.04 Å². The number of carbonyl (C=O) groups is 1. The van der Waals surface area contributed by atoms with Crippen molar-refractivity contribution in [2.24, 2.45) is 17.3 Å². The van der Waals surface area contributed by atoms with E-state index in [1.807, 2.05) is 0 Å². The zero-order chi connectivity index (χ0) is 11.8. The fourth-order valence-corrected chi connectivity index (χ4v) is 2.66. The zero-order valence-corrected chi connectivity index (χ0v) is 10.7. The van der Waals surface area contributed by atoms with Gasteiger partial charge in [-0.3, -0.25) is 4.79 Å². The average Bonchev–Trinajstić information content (AvgIpc) is 2.84. The Morgan fingerprint density at radius 2 is 2.19 bits per heavy atom. The van der Waals surface area contributed by atoms with E-state index >= 15 is 0 Å². The third-order valence-electron chi connectivity index (χ3n) is 4.29. The summed E-state index contributed by atoms with van der Waals surface area (Å²) in [6, 6.07) is 0.0376. The number of rotatable bonds is 3. The van der Waals surface area contributed by atoms with E-state index in [-0.39, 0.29) is 11.9 Å². The summed E-state index contributed by atoms with van der Waals surface area (Å²) in [4.78, 5) is 12.0. The van der Waals surface area contributed by atoms with Gasteiger partial charge in [-0.15, -0.1) is 0 Å². The summed E-state index contributed by atoms with van der Waals surface area (Å²) in [5, 5.41) is 6.42. The Kier molecular flexibility index (Phi) is 3.24. The Hall–Kier alpha value is -0.570. The normalized spacial score (nSPS) is 36.8. The van der Waals surface area contributed by atoms with Crippen LogP contribution in [0.2, 0.25) is 0 Å². The number of piperidine rings is 1. The highest BCUT2D eigenvalue weighted by atomic mass is 16.2. The first-order valence-electron chi connectivity index (χ1n) is 6.52. The third-order valence-corrected chi connectivity index (χ3v) is 4.29. The molecule has 2 N–H and O–H groups in total. The van der Waals surface area contributed by atoms with E-state index in [0.717, 1.165) is 13.1 Å². The molecule has 0 aromatic heterocycles. The first-order chi connectivity index (χ1) is 7.50. The zero-order valence-electron chi connectivity index (χ0n) is 10.7. The largest absolute Gasteiger partial charge is 0.354 e. The molecule has 0 aromatic carbocycles. The van der Waals surface area contributed by atoms with Gasteiger partial charge in [0, 0.05) is 6.54 Å². The van der Waals surface area contributed by atoms with Crippen molar-refractivity contribution in [1.29, 1.82) is 0 Å². The van der Waals surface area contributed by atoms with E-state index in [0.29, 0.717) is 17.3 Å². The van der Waals surface area contributed by atoms with Gasteiger partial charge in [-0.2, -0.15) is 0 Å². The predicted octanol–water partition coefficient (Wildman–Crippen LogP) is 1.54. The molecule has 1 heterocycles. The summed E-state index contributed by atoms with van der Waals surface area (Å²) in [6.45, 7) is 8.54. The maximum absolute atomic E-state index is 12.0. The van der Waals surface area contributed by atoms with Gasteiger partial charge in [-0.25, -0.2) is 0 Å². The molecule has 3 nitrogen and oxygen atoms in total. The molecule has 2 aliphatic rings. The highest BCUT2D eigenvalue weighted by molar-refractivity contribution is 5.82. The quantitative estimate of drug-likeness (QED) is 0.763. The number of carbonyl (C=O) groups excluding carboxylic acids is 1. The average molecular weight is 224 g/mol. The van der Waals surface area contributed by atoms with Gasteiger partial charge in [-0.1, -0.05) is 20.8 Å². The van der Waals surface area contributed by atoms with Crippen molar-refractivity contribution in [1.82, 2.24) is 10.6 Å². The molecule has 0 aromatic rings. The Bertz CT molecular complexity index is 275. The summed E-state index contributed by atoms with van der Waals surface area (Å²) in [6.07, 6.45) is 3.61. The molecule has 1 aliphatic heterocycles. The molecule has 1 saturated carbocycles. The fourth-order valence-electron chi connectivity index (χ4n) is 2.66. The number of hydrogen-bond donors (Lipinski definition) is 2. The van der Waals surface area contributed by atoms with Crippen molar-refractivity contribution in [3.63, 3.8) is 0 Å². The molecule has 1 saturated heterocycles. The molecule has 2 rings (SSSR count). The lowest BCUT2D eigenvalue weighted by molar-refractivity contribution is -0.124. The third kappa shape index (κ3) is 2.57. The topological polar surface area (TPSA) is 41.1 Å². The van der Waals surface area contributed by atoms with Crippen LogP contribution >= 0.6 is 0 Å². The Labute approximate surface area is 98.4 Å². The molecule has 3 atom stereocenters. The predicted molar refractivity (Wildman–Crippen MR) is 65.1 cm³/mol. The van der Waals surface area contributed by atoms with Gasteiger partial charge in [-0.05, 0) is 43.1 Å². The van der Waals surface area contributed by atoms with Gasteiger partial charge in [0.1, 0.15) is 0 Å². The van der Waals surface area contributed by atoms with Crippen LogP contribution in [0.5, 0.6) is 0 Å². The lowest BCUT2D eigenvalue weighted by Crippen LogP contribution is -2.51. The molecule has 1 aliphatic carbocycles. The van der Waals surface area contributed by atoms with Crippen LogP contribution in [0, 0.1) is 17.3 Å². The monoisotopic (exact) mass is 224 g/mol. The molecule has 16 heavy (non-hydrogen) atoms. The van der Waals surface area contributed by atoms with Crippen LogP contribution in [0.25, 0.3) is 0 Å². The van der Waals surface area contributed by atoms with Crippen LogP contribution in [-0.4, -0.2) is 25.0 Å². The smallest absolute Gasteiger partial charge is 0.237 e. The molecular weight excluding hydrogens is 200 g/mol. The van der Waals surface area contributed by atoms with Gasteiger partial charge >= 0.3 is 0 Å². The van der Waals surface area contributed by atoms with E-state index < -0.39 is 0 Å². The minimum atomic E-state index is 0.0376. The Morgan fingerprint density at radius 1 is 1.50 bits per heavy atom. The summed E-state index contributed by atoms with van der Waals surface area (Å²) in [7, 11) is 0. The summed E-state index contributed by atoms with van der Waals surface area (Å²) in [5.41, 5.74) is 0.457. The lowest BCUT2D eigenvalue weighted by Gasteiger charge is -2.29. The minimum absolute atomic E-state index is 0.0376. The molecule has 3 heteroatoms. The number of nitrogens with one attached hydrogen (secondary N) is 2. The van der Waals surface area contributed by atoms with Crippen molar-refractivity contribution in [3.8, 4) is 0 Å². The van der Waals surface area contributed by atoms with Crippen LogP contribution in [-0.2, 0) is 4.79 Å². The second kappa shape index (κ2) is 4.36. The van der Waals surface area contributed by atoms with E-state index in [2.05, 4.69) is 31.4 Å².